The Bertz CT molecular complexity index is 958. The van der Waals surface area contributed by atoms with Gasteiger partial charge in [0.1, 0.15) is 11.5 Å². The molecule has 3 rings (SSSR count). The number of anilines is 1. The molecule has 0 spiro atoms. The van der Waals surface area contributed by atoms with Gasteiger partial charge in [0, 0.05) is 11.8 Å². The molecule has 2 heterocycles. The van der Waals surface area contributed by atoms with Crippen LogP contribution in [0.25, 0.3) is 5.69 Å². The number of benzene rings is 1. The molecule has 6 nitrogen and oxygen atoms in total. The molecule has 2 aromatic heterocycles. The maximum Gasteiger partial charge on any atom is 0.260 e. The molecule has 0 fully saturated rings. The van der Waals surface area contributed by atoms with Crippen LogP contribution in [-0.4, -0.2) is 15.7 Å². The van der Waals surface area contributed by atoms with E-state index in [4.69, 9.17) is 9.68 Å². The van der Waals surface area contributed by atoms with Crippen LogP contribution in [0.2, 0.25) is 0 Å². The van der Waals surface area contributed by atoms with Crippen molar-refractivity contribution >= 4 is 11.7 Å². The van der Waals surface area contributed by atoms with Gasteiger partial charge >= 0.3 is 0 Å². The number of furan rings is 1. The second-order valence-corrected chi connectivity index (χ2v) is 5.73. The van der Waals surface area contributed by atoms with Gasteiger partial charge in [-0.2, -0.15) is 5.26 Å². The van der Waals surface area contributed by atoms with Gasteiger partial charge in [-0.25, -0.2) is 4.68 Å². The average molecular weight is 334 g/mol. The van der Waals surface area contributed by atoms with Gasteiger partial charge in [-0.1, -0.05) is 6.92 Å². The van der Waals surface area contributed by atoms with Crippen LogP contribution < -0.4 is 5.32 Å². The van der Waals surface area contributed by atoms with Crippen molar-refractivity contribution in [3.8, 4) is 11.8 Å². The second kappa shape index (κ2) is 6.65. The van der Waals surface area contributed by atoms with Crippen molar-refractivity contribution in [2.45, 2.75) is 27.2 Å². The van der Waals surface area contributed by atoms with E-state index in [9.17, 15) is 4.79 Å². The lowest BCUT2D eigenvalue weighted by molar-refractivity contribution is 0.102. The first-order valence-electron chi connectivity index (χ1n) is 7.99. The number of nitrogens with zero attached hydrogens (tertiary/aromatic N) is 3. The number of hydrogen-bond donors (Lipinski definition) is 1. The highest BCUT2D eigenvalue weighted by Gasteiger charge is 2.16. The van der Waals surface area contributed by atoms with Crippen molar-refractivity contribution in [3.63, 3.8) is 0 Å². The predicted octanol–water partition coefficient (Wildman–Crippen LogP) is 3.77. The van der Waals surface area contributed by atoms with E-state index in [0.717, 1.165) is 17.8 Å². The van der Waals surface area contributed by atoms with E-state index in [-0.39, 0.29) is 5.91 Å². The molecule has 1 aromatic carbocycles. The third-order valence-corrected chi connectivity index (χ3v) is 3.91. The van der Waals surface area contributed by atoms with Gasteiger partial charge in [0.15, 0.2) is 5.82 Å². The Kier molecular flexibility index (Phi) is 4.40. The molecular weight excluding hydrogens is 316 g/mol. The number of rotatable bonds is 4. The summed E-state index contributed by atoms with van der Waals surface area (Å²) in [4.78, 5) is 12.4. The topological polar surface area (TPSA) is 83.8 Å². The zero-order chi connectivity index (χ0) is 18.0. The van der Waals surface area contributed by atoms with Crippen LogP contribution in [0.4, 0.5) is 5.82 Å². The molecule has 6 heteroatoms. The summed E-state index contributed by atoms with van der Waals surface area (Å²) in [6.07, 6.45) is 0.757. The molecule has 1 N–H and O–H groups in total. The molecule has 3 aromatic rings. The molecule has 0 unspecified atom stereocenters. The molecule has 0 bridgehead atoms. The summed E-state index contributed by atoms with van der Waals surface area (Å²) in [6, 6.07) is 12.8. The van der Waals surface area contributed by atoms with E-state index in [0.29, 0.717) is 28.5 Å². The highest BCUT2D eigenvalue weighted by atomic mass is 16.3. The van der Waals surface area contributed by atoms with Gasteiger partial charge in [0.2, 0.25) is 0 Å². The summed E-state index contributed by atoms with van der Waals surface area (Å²) in [5.74, 6) is 1.50. The first-order chi connectivity index (χ1) is 12.0. The molecule has 0 saturated carbocycles. The molecule has 1 amide bonds. The van der Waals surface area contributed by atoms with Gasteiger partial charge in [-0.15, -0.1) is 5.10 Å². The largest absolute Gasteiger partial charge is 0.466 e. The summed E-state index contributed by atoms with van der Waals surface area (Å²) >= 11 is 0. The van der Waals surface area contributed by atoms with Crippen LogP contribution in [-0.2, 0) is 6.42 Å². The van der Waals surface area contributed by atoms with Crippen LogP contribution in [0.15, 0.2) is 40.8 Å². The molecule has 0 saturated heterocycles. The SMILES string of the molecule is CCc1cc(NC(=O)c2cc(C)oc2C)nn1-c1ccc(C#N)cc1. The van der Waals surface area contributed by atoms with Gasteiger partial charge < -0.3 is 9.73 Å². The summed E-state index contributed by atoms with van der Waals surface area (Å²) in [5.41, 5.74) is 2.89. The Hall–Kier alpha value is -3.33. The maximum atomic E-state index is 12.4. The van der Waals surface area contributed by atoms with Gasteiger partial charge in [0.25, 0.3) is 5.91 Å². The van der Waals surface area contributed by atoms with E-state index >= 15 is 0 Å². The Balaban J connectivity index is 1.88. The van der Waals surface area contributed by atoms with Crippen molar-refractivity contribution in [1.29, 1.82) is 5.26 Å². The summed E-state index contributed by atoms with van der Waals surface area (Å²) in [7, 11) is 0. The van der Waals surface area contributed by atoms with Crippen molar-refractivity contribution in [3.05, 3.63) is 64.7 Å². The Morgan fingerprint density at radius 3 is 2.56 bits per heavy atom. The van der Waals surface area contributed by atoms with Gasteiger partial charge in [-0.3, -0.25) is 4.79 Å². The lowest BCUT2D eigenvalue weighted by Gasteiger charge is -2.05. The van der Waals surface area contributed by atoms with Crippen LogP contribution in [0.3, 0.4) is 0 Å². The third-order valence-electron chi connectivity index (χ3n) is 3.91. The number of carbonyl (C=O) groups is 1. The third kappa shape index (κ3) is 3.31. The zero-order valence-corrected chi connectivity index (χ0v) is 14.3. The molecule has 0 aliphatic carbocycles. The number of carbonyl (C=O) groups excluding carboxylic acids is 1. The van der Waals surface area contributed by atoms with E-state index in [1.54, 1.807) is 36.7 Å². The van der Waals surface area contributed by atoms with E-state index in [2.05, 4.69) is 16.5 Å². The van der Waals surface area contributed by atoms with Crippen molar-refractivity contribution in [2.24, 2.45) is 0 Å². The molecule has 0 aliphatic heterocycles. The number of hydrogen-bond acceptors (Lipinski definition) is 4. The van der Waals surface area contributed by atoms with Crippen LogP contribution in [0.1, 0.15) is 40.1 Å². The number of amides is 1. The minimum atomic E-state index is -0.249. The van der Waals surface area contributed by atoms with Crippen LogP contribution in [0, 0.1) is 25.2 Å². The monoisotopic (exact) mass is 334 g/mol. The number of nitrogens with one attached hydrogen (secondary N) is 1. The minimum Gasteiger partial charge on any atom is -0.466 e. The standard InChI is InChI=1S/C19H18N4O2/c1-4-15-10-18(21-19(24)17-9-12(2)25-13(17)3)22-23(15)16-7-5-14(11-20)6-8-16/h5-10H,4H2,1-3H3,(H,21,22,24). The summed E-state index contributed by atoms with van der Waals surface area (Å²) in [5, 5.41) is 16.2. The lowest BCUT2D eigenvalue weighted by atomic mass is 10.2. The Morgan fingerprint density at radius 2 is 2.00 bits per heavy atom. The normalized spacial score (nSPS) is 10.5. The van der Waals surface area contributed by atoms with Crippen molar-refractivity contribution in [1.82, 2.24) is 9.78 Å². The Labute approximate surface area is 145 Å². The average Bonchev–Trinajstić information content (AvgIpc) is 3.17. The molecule has 0 atom stereocenters. The first-order valence-corrected chi connectivity index (χ1v) is 7.99. The number of aryl methyl sites for hydroxylation is 3. The highest BCUT2D eigenvalue weighted by molar-refractivity contribution is 6.04. The van der Waals surface area contributed by atoms with Crippen molar-refractivity contribution in [2.75, 3.05) is 5.32 Å². The highest BCUT2D eigenvalue weighted by Crippen LogP contribution is 2.19. The fraction of sp³-hybridized carbons (Fsp3) is 0.211. The first kappa shape index (κ1) is 16.5. The van der Waals surface area contributed by atoms with E-state index < -0.39 is 0 Å². The fourth-order valence-electron chi connectivity index (χ4n) is 2.67. The predicted molar refractivity (Wildman–Crippen MR) is 93.8 cm³/mol. The van der Waals surface area contributed by atoms with E-state index in [1.807, 2.05) is 25.1 Å². The fourth-order valence-corrected chi connectivity index (χ4v) is 2.67. The summed E-state index contributed by atoms with van der Waals surface area (Å²) < 4.78 is 7.17. The molecule has 0 aliphatic rings. The molecule has 0 radical (unpaired) electrons. The Morgan fingerprint density at radius 1 is 1.28 bits per heavy atom. The smallest absolute Gasteiger partial charge is 0.260 e. The number of nitriles is 1. The second-order valence-electron chi connectivity index (χ2n) is 5.73. The molecule has 25 heavy (non-hydrogen) atoms. The minimum absolute atomic E-state index is 0.249. The van der Waals surface area contributed by atoms with Crippen molar-refractivity contribution < 1.29 is 9.21 Å². The zero-order valence-electron chi connectivity index (χ0n) is 14.3. The van der Waals surface area contributed by atoms with Crippen LogP contribution >= 0.6 is 0 Å². The quantitative estimate of drug-likeness (QED) is 0.787. The van der Waals surface area contributed by atoms with E-state index in [1.165, 1.54) is 0 Å². The lowest BCUT2D eigenvalue weighted by Crippen LogP contribution is -2.12. The van der Waals surface area contributed by atoms with Gasteiger partial charge in [0.05, 0.1) is 22.9 Å². The van der Waals surface area contributed by atoms with Gasteiger partial charge in [-0.05, 0) is 50.6 Å². The maximum absolute atomic E-state index is 12.4. The molecular formula is C19H18N4O2. The summed E-state index contributed by atoms with van der Waals surface area (Å²) in [6.45, 7) is 5.58. The van der Waals surface area contributed by atoms with Crippen LogP contribution in [0.5, 0.6) is 0 Å². The number of aromatic nitrogens is 2. The molecule has 126 valence electrons.